The van der Waals surface area contributed by atoms with Gasteiger partial charge in [-0.3, -0.25) is 9.59 Å². The number of carbonyl (C=O) groups excluding carboxylic acids is 2. The second-order valence-corrected chi connectivity index (χ2v) is 10.2. The predicted octanol–water partition coefficient (Wildman–Crippen LogP) is 2.70. The molecule has 0 spiro atoms. The summed E-state index contributed by atoms with van der Waals surface area (Å²) in [6.07, 6.45) is 3.37. The van der Waals surface area contributed by atoms with Crippen LogP contribution in [0.4, 0.5) is 0 Å². The van der Waals surface area contributed by atoms with Crippen molar-refractivity contribution >= 4 is 34.4 Å². The van der Waals surface area contributed by atoms with Crippen LogP contribution in [-0.2, 0) is 22.7 Å². The molecule has 0 aliphatic heterocycles. The molecule has 9 nitrogen and oxygen atoms in total. The smallest absolute Gasteiger partial charge is 0.247 e. The van der Waals surface area contributed by atoms with Crippen molar-refractivity contribution in [1.82, 2.24) is 10.2 Å². The number of hydrogen-bond donors (Lipinski definition) is 4. The summed E-state index contributed by atoms with van der Waals surface area (Å²) >= 11 is 2.06. The van der Waals surface area contributed by atoms with E-state index in [9.17, 15) is 24.9 Å². The molecule has 0 heterocycles. The lowest BCUT2D eigenvalue weighted by Crippen LogP contribution is -2.54. The Morgan fingerprint density at radius 2 is 1.92 bits per heavy atom. The Morgan fingerprint density at radius 1 is 1.18 bits per heavy atom. The lowest BCUT2D eigenvalue weighted by Gasteiger charge is -2.40. The number of methoxy groups -OCH3 is 1. The maximum atomic E-state index is 13.4. The van der Waals surface area contributed by atoms with Gasteiger partial charge in [-0.05, 0) is 64.4 Å². The van der Waals surface area contributed by atoms with Crippen LogP contribution in [0.1, 0.15) is 30.9 Å². The van der Waals surface area contributed by atoms with Crippen LogP contribution >= 0.6 is 22.6 Å². The standard InChI is InChI=1S/C29H35IN2O7/c1-3-4-10-26(35)32(17-19-8-6-5-7-9-19)23-15-21(29(37)31-11-12-33)16-24(27(23)36)39-28-22(30)13-20(18-34)14-25(28)38-2/h4-10,13-14,16,23-24,27,33-34,36H,3,11-12,15,17-18H2,1-2H3,(H,31,37)/t23-,24+,27+/m1/s1. The Kier molecular flexibility index (Phi) is 11.8. The van der Waals surface area contributed by atoms with Crippen molar-refractivity contribution < 1.29 is 34.4 Å². The van der Waals surface area contributed by atoms with Gasteiger partial charge in [-0.1, -0.05) is 43.3 Å². The predicted molar refractivity (Wildman–Crippen MR) is 155 cm³/mol. The number of aliphatic hydroxyl groups excluding tert-OH is 3. The third kappa shape index (κ3) is 8.04. The van der Waals surface area contributed by atoms with E-state index >= 15 is 0 Å². The van der Waals surface area contributed by atoms with Crippen LogP contribution in [0.5, 0.6) is 11.5 Å². The first-order valence-corrected chi connectivity index (χ1v) is 13.8. The first-order valence-electron chi connectivity index (χ1n) is 12.8. The first-order chi connectivity index (χ1) is 18.8. The minimum Gasteiger partial charge on any atom is -0.493 e. The molecule has 0 bridgehead atoms. The topological polar surface area (TPSA) is 129 Å². The molecule has 3 rings (SSSR count). The average Bonchev–Trinajstić information content (AvgIpc) is 2.95. The molecule has 0 unspecified atom stereocenters. The highest BCUT2D eigenvalue weighted by molar-refractivity contribution is 14.1. The molecule has 2 aromatic rings. The summed E-state index contributed by atoms with van der Waals surface area (Å²) in [5.74, 6) is 0.00395. The van der Waals surface area contributed by atoms with E-state index in [-0.39, 0.29) is 38.6 Å². The van der Waals surface area contributed by atoms with Crippen LogP contribution in [0.25, 0.3) is 0 Å². The van der Waals surface area contributed by atoms with Crippen LogP contribution in [0, 0.1) is 3.57 Å². The summed E-state index contributed by atoms with van der Waals surface area (Å²) in [4.78, 5) is 27.9. The Hall–Kier alpha value is -2.93. The Labute approximate surface area is 242 Å². The molecule has 0 fully saturated rings. The highest BCUT2D eigenvalue weighted by Crippen LogP contribution is 2.37. The van der Waals surface area contributed by atoms with Crippen molar-refractivity contribution in [2.75, 3.05) is 20.3 Å². The third-order valence-electron chi connectivity index (χ3n) is 6.32. The molecule has 1 aliphatic carbocycles. The molecule has 0 radical (unpaired) electrons. The lowest BCUT2D eigenvalue weighted by atomic mass is 9.87. The van der Waals surface area contributed by atoms with Crippen molar-refractivity contribution in [2.24, 2.45) is 0 Å². The number of carbonyl (C=O) groups is 2. The fourth-order valence-corrected chi connectivity index (χ4v) is 5.14. The number of benzene rings is 2. The molecule has 0 saturated carbocycles. The molecule has 210 valence electrons. The van der Waals surface area contributed by atoms with E-state index < -0.39 is 24.2 Å². The van der Waals surface area contributed by atoms with Crippen molar-refractivity contribution in [1.29, 1.82) is 0 Å². The van der Waals surface area contributed by atoms with Gasteiger partial charge >= 0.3 is 0 Å². The van der Waals surface area contributed by atoms with E-state index in [0.29, 0.717) is 32.6 Å². The molecule has 0 saturated heterocycles. The SMILES string of the molecule is CCC=CC(=O)N(Cc1ccccc1)[C@@H]1CC(C(=O)NCCO)=C[C@H](Oc2c(I)cc(CO)cc2OC)[C@H]1O. The van der Waals surface area contributed by atoms with Crippen molar-refractivity contribution in [3.05, 3.63) is 81.0 Å². The zero-order valence-corrected chi connectivity index (χ0v) is 24.2. The van der Waals surface area contributed by atoms with E-state index in [4.69, 9.17) is 9.47 Å². The third-order valence-corrected chi connectivity index (χ3v) is 7.12. The van der Waals surface area contributed by atoms with Gasteiger partial charge in [0.1, 0.15) is 12.2 Å². The number of nitrogens with one attached hydrogen (secondary N) is 1. The number of hydrogen-bond acceptors (Lipinski definition) is 7. The van der Waals surface area contributed by atoms with Gasteiger partial charge in [-0.2, -0.15) is 0 Å². The van der Waals surface area contributed by atoms with Gasteiger partial charge in [0.05, 0.1) is 29.9 Å². The lowest BCUT2D eigenvalue weighted by molar-refractivity contribution is -0.134. The van der Waals surface area contributed by atoms with E-state index in [1.165, 1.54) is 13.2 Å². The van der Waals surface area contributed by atoms with Gasteiger partial charge < -0.3 is 35.0 Å². The molecule has 0 aromatic heterocycles. The molecular formula is C29H35IN2O7. The van der Waals surface area contributed by atoms with E-state index in [0.717, 1.165) is 5.56 Å². The molecule has 1 aliphatic rings. The first kappa shape index (κ1) is 30.6. The highest BCUT2D eigenvalue weighted by Gasteiger charge is 2.40. The molecule has 4 N–H and O–H groups in total. The van der Waals surface area contributed by atoms with Crippen molar-refractivity contribution in [3.63, 3.8) is 0 Å². The average molecular weight is 651 g/mol. The van der Waals surface area contributed by atoms with Crippen LogP contribution in [0.2, 0.25) is 0 Å². The van der Waals surface area contributed by atoms with Crippen LogP contribution in [0.15, 0.2) is 66.3 Å². The minimum atomic E-state index is -1.18. The van der Waals surface area contributed by atoms with Crippen LogP contribution in [0.3, 0.4) is 0 Å². The number of ether oxygens (including phenoxy) is 2. The van der Waals surface area contributed by atoms with Gasteiger partial charge in [-0.25, -0.2) is 0 Å². The fourth-order valence-electron chi connectivity index (χ4n) is 4.35. The molecule has 2 amide bonds. The minimum absolute atomic E-state index is 0.0646. The summed E-state index contributed by atoms with van der Waals surface area (Å²) in [5, 5.41) is 33.0. The number of amides is 2. The Bertz CT molecular complexity index is 1190. The van der Waals surface area contributed by atoms with Crippen molar-refractivity contribution in [2.45, 2.75) is 51.2 Å². The van der Waals surface area contributed by atoms with Gasteiger partial charge in [0, 0.05) is 25.1 Å². The molecule has 10 heteroatoms. The zero-order chi connectivity index (χ0) is 28.4. The highest BCUT2D eigenvalue weighted by atomic mass is 127. The Morgan fingerprint density at radius 3 is 2.56 bits per heavy atom. The summed E-state index contributed by atoms with van der Waals surface area (Å²) in [7, 11) is 1.48. The van der Waals surface area contributed by atoms with Gasteiger partial charge in [-0.15, -0.1) is 0 Å². The Balaban J connectivity index is 2.04. The second-order valence-electron chi connectivity index (χ2n) is 9.05. The fraction of sp³-hybridized carbons (Fsp3) is 0.379. The quantitative estimate of drug-likeness (QED) is 0.206. The maximum absolute atomic E-state index is 13.4. The number of nitrogens with zero attached hydrogens (tertiary/aromatic N) is 1. The summed E-state index contributed by atoms with van der Waals surface area (Å²) < 4.78 is 12.4. The maximum Gasteiger partial charge on any atom is 0.247 e. The molecular weight excluding hydrogens is 615 g/mol. The molecule has 2 aromatic carbocycles. The number of rotatable bonds is 12. The summed E-state index contributed by atoms with van der Waals surface area (Å²) in [6.45, 7) is 1.80. The zero-order valence-electron chi connectivity index (χ0n) is 22.0. The van der Waals surface area contributed by atoms with E-state index in [1.54, 1.807) is 29.2 Å². The van der Waals surface area contributed by atoms with Gasteiger partial charge in [0.25, 0.3) is 0 Å². The number of halogens is 1. The number of aliphatic hydroxyl groups is 3. The van der Waals surface area contributed by atoms with Crippen LogP contribution < -0.4 is 14.8 Å². The van der Waals surface area contributed by atoms with Gasteiger partial charge in [0.2, 0.25) is 11.8 Å². The summed E-state index contributed by atoms with van der Waals surface area (Å²) in [5.41, 5.74) is 1.83. The molecule has 3 atom stereocenters. The molecule has 39 heavy (non-hydrogen) atoms. The summed E-state index contributed by atoms with van der Waals surface area (Å²) in [6, 6.07) is 12.0. The largest absolute Gasteiger partial charge is 0.493 e. The van der Waals surface area contributed by atoms with E-state index in [1.807, 2.05) is 37.3 Å². The van der Waals surface area contributed by atoms with E-state index in [2.05, 4.69) is 27.9 Å². The normalized spacial score (nSPS) is 18.9. The van der Waals surface area contributed by atoms with Crippen LogP contribution in [-0.4, -0.2) is 70.5 Å². The number of allylic oxidation sites excluding steroid dienone is 1. The monoisotopic (exact) mass is 650 g/mol. The van der Waals surface area contributed by atoms with Gasteiger partial charge in [0.15, 0.2) is 11.5 Å². The second kappa shape index (κ2) is 15.0. The van der Waals surface area contributed by atoms with Crippen molar-refractivity contribution in [3.8, 4) is 11.5 Å².